The maximum Gasteiger partial charge on any atom is 0.401 e. The highest BCUT2D eigenvalue weighted by Crippen LogP contribution is 2.38. The number of nitrogens with two attached hydrogens (primary N) is 1. The number of hydrogen-bond donors (Lipinski definition) is 1. The van der Waals surface area contributed by atoms with Crippen LogP contribution in [0.25, 0.3) is 0 Å². The Balaban J connectivity index is 4.43. The van der Waals surface area contributed by atoms with Gasteiger partial charge in [-0.15, -0.1) is 0 Å². The molecule has 0 spiro atoms. The summed E-state index contributed by atoms with van der Waals surface area (Å²) in [5, 5.41) is 0. The molecule has 0 saturated carbocycles. The first-order valence-corrected chi connectivity index (χ1v) is 2.53. The van der Waals surface area contributed by atoms with Gasteiger partial charge in [0.25, 0.3) is 0 Å². The van der Waals surface area contributed by atoms with E-state index in [2.05, 4.69) is 5.73 Å². The van der Waals surface area contributed by atoms with Gasteiger partial charge in [0.1, 0.15) is 0 Å². The van der Waals surface area contributed by atoms with Gasteiger partial charge in [-0.1, -0.05) is 0 Å². The zero-order valence-electron chi connectivity index (χ0n) is 5.13. The maximum absolute atomic E-state index is 11.4. The summed E-state index contributed by atoms with van der Waals surface area (Å²) in [5.74, 6) is -3.41. The van der Waals surface area contributed by atoms with Gasteiger partial charge in [0, 0.05) is 6.54 Å². The van der Waals surface area contributed by atoms with E-state index in [1.165, 1.54) is 0 Å². The summed E-state index contributed by atoms with van der Waals surface area (Å²) in [4.78, 5) is 0. The highest BCUT2D eigenvalue weighted by molar-refractivity contribution is 4.75. The Morgan fingerprint density at radius 3 is 1.18 bits per heavy atom. The van der Waals surface area contributed by atoms with Crippen LogP contribution in [-0.4, -0.2) is 18.9 Å². The average molecular weight is 181 g/mol. The third-order valence-corrected chi connectivity index (χ3v) is 1.03. The molecule has 0 aromatic carbocycles. The van der Waals surface area contributed by atoms with Crippen molar-refractivity contribution in [2.24, 2.45) is 11.7 Å². The molecule has 0 aliphatic rings. The Kier molecular flexibility index (Phi) is 2.76. The van der Waals surface area contributed by atoms with Gasteiger partial charge in [0.05, 0.1) is 0 Å². The molecule has 68 valence electrons. The number of halogens is 6. The van der Waals surface area contributed by atoms with Crippen LogP contribution in [0.3, 0.4) is 0 Å². The van der Waals surface area contributed by atoms with Crippen LogP contribution in [-0.2, 0) is 0 Å². The molecule has 0 aliphatic heterocycles. The summed E-state index contributed by atoms with van der Waals surface area (Å²) in [6, 6.07) is 0. The predicted molar refractivity (Wildman–Crippen MR) is 24.7 cm³/mol. The number of hydrogen-bond acceptors (Lipinski definition) is 1. The molecule has 0 radical (unpaired) electrons. The summed E-state index contributed by atoms with van der Waals surface area (Å²) in [6.45, 7) is -1.47. The van der Waals surface area contributed by atoms with E-state index in [4.69, 9.17) is 0 Å². The maximum atomic E-state index is 11.4. The van der Waals surface area contributed by atoms with Gasteiger partial charge in [-0.2, -0.15) is 26.3 Å². The third kappa shape index (κ3) is 2.96. The monoisotopic (exact) mass is 181 g/mol. The predicted octanol–water partition coefficient (Wildman–Crippen LogP) is 1.69. The Bertz CT molecular complexity index is 110. The zero-order valence-corrected chi connectivity index (χ0v) is 5.13. The van der Waals surface area contributed by atoms with Gasteiger partial charge in [0.2, 0.25) is 0 Å². The van der Waals surface area contributed by atoms with Crippen molar-refractivity contribution >= 4 is 0 Å². The fourth-order valence-corrected chi connectivity index (χ4v) is 0.453. The highest BCUT2D eigenvalue weighted by Gasteiger charge is 2.55. The van der Waals surface area contributed by atoms with Crippen LogP contribution in [0.5, 0.6) is 0 Å². The molecule has 0 aromatic rings. The topological polar surface area (TPSA) is 26.0 Å². The highest BCUT2D eigenvalue weighted by atomic mass is 19.4. The molecule has 0 bridgehead atoms. The molecule has 0 aliphatic carbocycles. The van der Waals surface area contributed by atoms with Crippen LogP contribution in [0.2, 0.25) is 0 Å². The molecule has 2 N–H and O–H groups in total. The minimum absolute atomic E-state index is 1.47. The first-order chi connectivity index (χ1) is 4.69. The van der Waals surface area contributed by atoms with Gasteiger partial charge in [-0.05, 0) is 0 Å². The Morgan fingerprint density at radius 1 is 0.909 bits per heavy atom. The molecule has 0 rings (SSSR count). The molecule has 0 aromatic heterocycles. The molecular weight excluding hydrogens is 176 g/mol. The molecule has 1 nitrogen and oxygen atoms in total. The van der Waals surface area contributed by atoms with Crippen molar-refractivity contribution < 1.29 is 26.3 Å². The van der Waals surface area contributed by atoms with Crippen molar-refractivity contribution in [3.05, 3.63) is 0 Å². The number of alkyl halides is 6. The lowest BCUT2D eigenvalue weighted by Crippen LogP contribution is -2.41. The molecular formula is C4H5F6N. The van der Waals surface area contributed by atoms with Gasteiger partial charge >= 0.3 is 12.4 Å². The molecule has 0 atom stereocenters. The largest absolute Gasteiger partial charge is 0.401 e. The van der Waals surface area contributed by atoms with Crippen molar-refractivity contribution in [1.29, 1.82) is 0 Å². The SMILES string of the molecule is NCC(C(F)(F)F)C(F)(F)F. The van der Waals surface area contributed by atoms with E-state index >= 15 is 0 Å². The van der Waals surface area contributed by atoms with Gasteiger partial charge in [-0.3, -0.25) is 0 Å². The second-order valence-electron chi connectivity index (χ2n) is 1.87. The van der Waals surface area contributed by atoms with Gasteiger partial charge < -0.3 is 5.73 Å². The second kappa shape index (κ2) is 2.88. The van der Waals surface area contributed by atoms with E-state index < -0.39 is 24.8 Å². The van der Waals surface area contributed by atoms with Crippen molar-refractivity contribution in [1.82, 2.24) is 0 Å². The van der Waals surface area contributed by atoms with Crippen LogP contribution in [0.15, 0.2) is 0 Å². The molecule has 11 heavy (non-hydrogen) atoms. The lowest BCUT2D eigenvalue weighted by Gasteiger charge is -2.20. The molecule has 0 saturated heterocycles. The van der Waals surface area contributed by atoms with Gasteiger partial charge in [-0.25, -0.2) is 0 Å². The molecule has 7 heteroatoms. The van der Waals surface area contributed by atoms with E-state index in [9.17, 15) is 26.3 Å². The first kappa shape index (κ1) is 10.5. The van der Waals surface area contributed by atoms with Crippen LogP contribution in [0.1, 0.15) is 0 Å². The van der Waals surface area contributed by atoms with Crippen LogP contribution < -0.4 is 5.73 Å². The van der Waals surface area contributed by atoms with E-state index in [-0.39, 0.29) is 0 Å². The van der Waals surface area contributed by atoms with E-state index in [1.54, 1.807) is 0 Å². The molecule has 0 unspecified atom stereocenters. The quantitative estimate of drug-likeness (QED) is 0.612. The minimum Gasteiger partial charge on any atom is -0.330 e. The normalized spacial score (nSPS) is 14.2. The standard InChI is InChI=1S/C4H5F6N/c5-3(6,7)2(1-11)4(8,9)10/h2H,1,11H2. The third-order valence-electron chi connectivity index (χ3n) is 1.03. The summed E-state index contributed by atoms with van der Waals surface area (Å²) in [5.41, 5.74) is 4.31. The van der Waals surface area contributed by atoms with E-state index in [0.29, 0.717) is 0 Å². The Labute approximate surface area is 58.2 Å². The summed E-state index contributed by atoms with van der Waals surface area (Å²) >= 11 is 0. The Hall–Kier alpha value is -0.460. The van der Waals surface area contributed by atoms with Crippen molar-refractivity contribution in [3.8, 4) is 0 Å². The molecule has 0 heterocycles. The van der Waals surface area contributed by atoms with E-state index in [1.807, 2.05) is 0 Å². The first-order valence-electron chi connectivity index (χ1n) is 2.53. The summed E-state index contributed by atoms with van der Waals surface area (Å²) in [6.07, 6.45) is -10.6. The fourth-order valence-electron chi connectivity index (χ4n) is 0.453. The summed E-state index contributed by atoms with van der Waals surface area (Å²) in [7, 11) is 0. The lowest BCUT2D eigenvalue weighted by molar-refractivity contribution is -0.280. The molecule has 0 amide bonds. The van der Waals surface area contributed by atoms with Gasteiger partial charge in [0.15, 0.2) is 5.92 Å². The summed E-state index contributed by atoms with van der Waals surface area (Å²) < 4.78 is 68.5. The Morgan fingerprint density at radius 2 is 1.18 bits per heavy atom. The molecule has 0 fully saturated rings. The number of rotatable bonds is 1. The lowest BCUT2D eigenvalue weighted by atomic mass is 10.1. The van der Waals surface area contributed by atoms with Crippen molar-refractivity contribution in [2.75, 3.05) is 6.54 Å². The zero-order chi connectivity index (χ0) is 9.28. The minimum atomic E-state index is -5.30. The second-order valence-corrected chi connectivity index (χ2v) is 1.87. The fraction of sp³-hybridized carbons (Fsp3) is 1.00. The van der Waals surface area contributed by atoms with Crippen LogP contribution >= 0.6 is 0 Å². The van der Waals surface area contributed by atoms with Crippen molar-refractivity contribution in [2.45, 2.75) is 12.4 Å². The van der Waals surface area contributed by atoms with E-state index in [0.717, 1.165) is 0 Å². The van der Waals surface area contributed by atoms with Crippen LogP contribution in [0, 0.1) is 5.92 Å². The average Bonchev–Trinajstić information content (AvgIpc) is 1.56. The van der Waals surface area contributed by atoms with Crippen LogP contribution in [0.4, 0.5) is 26.3 Å². The van der Waals surface area contributed by atoms with Crippen molar-refractivity contribution in [3.63, 3.8) is 0 Å². The smallest absolute Gasteiger partial charge is 0.330 e.